The second kappa shape index (κ2) is 7.64. The molecule has 0 unspecified atom stereocenters. The Morgan fingerprint density at radius 1 is 1.29 bits per heavy atom. The van der Waals surface area contributed by atoms with Gasteiger partial charge in [-0.1, -0.05) is 23.2 Å². The molecular weight excluding hydrogens is 329 g/mol. The van der Waals surface area contributed by atoms with Gasteiger partial charge in [0.25, 0.3) is 5.91 Å². The van der Waals surface area contributed by atoms with Crippen LogP contribution in [0.5, 0.6) is 0 Å². The van der Waals surface area contributed by atoms with Crippen LogP contribution in [0.2, 0.25) is 9.36 Å². The highest BCUT2D eigenvalue weighted by molar-refractivity contribution is 7.16. The van der Waals surface area contributed by atoms with Crippen LogP contribution in [-0.2, 0) is 6.42 Å². The minimum Gasteiger partial charge on any atom is -0.370 e. The van der Waals surface area contributed by atoms with Crippen molar-refractivity contribution in [1.82, 2.24) is 10.3 Å². The van der Waals surface area contributed by atoms with E-state index in [-0.39, 0.29) is 11.6 Å². The fraction of sp³-hybridized carbons (Fsp3) is 0.286. The number of nitrogens with zero attached hydrogens (tertiary/aromatic N) is 1. The summed E-state index contributed by atoms with van der Waals surface area (Å²) in [6, 6.07) is 7.22. The standard InChI is InChI=1S/C14H15Cl2N3OS/c1-2-17-12-6-4-10(15)13(19-12)14(20)18-8-7-9-3-5-11(16)21-9/h3-6H,2,7-8H2,1H3,(H,17,19)(H,18,20). The highest BCUT2D eigenvalue weighted by Gasteiger charge is 2.12. The molecule has 112 valence electrons. The van der Waals surface area contributed by atoms with Crippen LogP contribution < -0.4 is 10.6 Å². The van der Waals surface area contributed by atoms with Gasteiger partial charge in [0.15, 0.2) is 0 Å². The molecule has 4 nitrogen and oxygen atoms in total. The van der Waals surface area contributed by atoms with Crippen molar-refractivity contribution >= 4 is 46.3 Å². The number of anilines is 1. The lowest BCUT2D eigenvalue weighted by Crippen LogP contribution is -2.27. The molecule has 1 amide bonds. The first kappa shape index (κ1) is 16.1. The third-order valence-electron chi connectivity index (χ3n) is 2.70. The van der Waals surface area contributed by atoms with Gasteiger partial charge in [-0.25, -0.2) is 4.98 Å². The summed E-state index contributed by atoms with van der Waals surface area (Å²) in [6.07, 6.45) is 0.730. The molecule has 0 fully saturated rings. The summed E-state index contributed by atoms with van der Waals surface area (Å²) in [6.45, 7) is 3.20. The maximum absolute atomic E-state index is 12.1. The minimum atomic E-state index is -0.276. The molecule has 0 spiro atoms. The normalized spacial score (nSPS) is 10.4. The molecule has 0 atom stereocenters. The molecule has 2 heterocycles. The molecular formula is C14H15Cl2N3OS. The first-order valence-electron chi connectivity index (χ1n) is 6.53. The van der Waals surface area contributed by atoms with Gasteiger partial charge < -0.3 is 10.6 Å². The lowest BCUT2D eigenvalue weighted by atomic mass is 10.3. The Hall–Kier alpha value is -1.30. The summed E-state index contributed by atoms with van der Waals surface area (Å²) in [4.78, 5) is 17.5. The van der Waals surface area contributed by atoms with E-state index in [4.69, 9.17) is 23.2 Å². The number of halogens is 2. The van der Waals surface area contributed by atoms with E-state index >= 15 is 0 Å². The maximum Gasteiger partial charge on any atom is 0.271 e. The summed E-state index contributed by atoms with van der Waals surface area (Å²) in [7, 11) is 0. The van der Waals surface area contributed by atoms with Crippen LogP contribution in [0.3, 0.4) is 0 Å². The molecule has 2 aromatic rings. The molecule has 0 aliphatic carbocycles. The van der Waals surface area contributed by atoms with Crippen molar-refractivity contribution in [2.75, 3.05) is 18.4 Å². The van der Waals surface area contributed by atoms with Crippen LogP contribution in [0.25, 0.3) is 0 Å². The van der Waals surface area contributed by atoms with Gasteiger partial charge in [-0.05, 0) is 37.6 Å². The summed E-state index contributed by atoms with van der Waals surface area (Å²) >= 11 is 13.4. The van der Waals surface area contributed by atoms with E-state index in [1.54, 1.807) is 12.1 Å². The van der Waals surface area contributed by atoms with E-state index in [1.165, 1.54) is 11.3 Å². The molecule has 0 aliphatic heterocycles. The zero-order chi connectivity index (χ0) is 15.2. The van der Waals surface area contributed by atoms with Crippen LogP contribution in [0.1, 0.15) is 22.3 Å². The Bertz CT molecular complexity index is 630. The summed E-state index contributed by atoms with van der Waals surface area (Å²) in [5, 5.41) is 6.21. The maximum atomic E-state index is 12.1. The predicted molar refractivity (Wildman–Crippen MR) is 88.8 cm³/mol. The summed E-state index contributed by atoms with van der Waals surface area (Å²) in [5.74, 6) is 0.361. The molecule has 0 radical (unpaired) electrons. The molecule has 7 heteroatoms. The molecule has 0 aliphatic rings. The number of carbonyl (C=O) groups excluding carboxylic acids is 1. The summed E-state index contributed by atoms with van der Waals surface area (Å²) in [5.41, 5.74) is 0.235. The quantitative estimate of drug-likeness (QED) is 0.837. The SMILES string of the molecule is CCNc1ccc(Cl)c(C(=O)NCCc2ccc(Cl)s2)n1. The summed E-state index contributed by atoms with van der Waals surface area (Å²) < 4.78 is 0.749. The van der Waals surface area contributed by atoms with Crippen molar-refractivity contribution in [2.45, 2.75) is 13.3 Å². The Labute approximate surface area is 137 Å². The van der Waals surface area contributed by atoms with Gasteiger partial charge >= 0.3 is 0 Å². The average molecular weight is 344 g/mol. The lowest BCUT2D eigenvalue weighted by Gasteiger charge is -2.08. The van der Waals surface area contributed by atoms with Crippen molar-refractivity contribution < 1.29 is 4.79 Å². The first-order valence-corrected chi connectivity index (χ1v) is 8.10. The smallest absolute Gasteiger partial charge is 0.271 e. The number of aromatic nitrogens is 1. The predicted octanol–water partition coefficient (Wildman–Crippen LogP) is 3.85. The zero-order valence-corrected chi connectivity index (χ0v) is 13.8. The van der Waals surface area contributed by atoms with Gasteiger partial charge in [-0.15, -0.1) is 11.3 Å². The zero-order valence-electron chi connectivity index (χ0n) is 11.5. The van der Waals surface area contributed by atoms with E-state index < -0.39 is 0 Å². The number of thiophene rings is 1. The number of nitrogens with one attached hydrogen (secondary N) is 2. The molecule has 0 aromatic carbocycles. The Morgan fingerprint density at radius 2 is 2.10 bits per heavy atom. The fourth-order valence-electron chi connectivity index (χ4n) is 1.75. The van der Waals surface area contributed by atoms with Crippen LogP contribution in [-0.4, -0.2) is 24.0 Å². The van der Waals surface area contributed by atoms with E-state index in [0.717, 1.165) is 22.2 Å². The first-order chi connectivity index (χ1) is 10.1. The fourth-order valence-corrected chi connectivity index (χ4v) is 3.03. The highest BCUT2D eigenvalue weighted by atomic mass is 35.5. The number of amides is 1. The molecule has 2 rings (SSSR count). The van der Waals surface area contributed by atoms with Gasteiger partial charge in [0.2, 0.25) is 0 Å². The van der Waals surface area contributed by atoms with Gasteiger partial charge in [-0.3, -0.25) is 4.79 Å². The van der Waals surface area contributed by atoms with Gasteiger partial charge in [-0.2, -0.15) is 0 Å². The molecule has 0 saturated heterocycles. The number of hydrogen-bond donors (Lipinski definition) is 2. The largest absolute Gasteiger partial charge is 0.370 e. The van der Waals surface area contributed by atoms with Crippen LogP contribution in [0.4, 0.5) is 5.82 Å². The van der Waals surface area contributed by atoms with Crippen LogP contribution >= 0.6 is 34.5 Å². The third kappa shape index (κ3) is 4.59. The van der Waals surface area contributed by atoms with E-state index in [1.807, 2.05) is 19.1 Å². The molecule has 2 aromatic heterocycles. The van der Waals surface area contributed by atoms with Crippen molar-refractivity contribution in [3.63, 3.8) is 0 Å². The topological polar surface area (TPSA) is 54.0 Å². The Kier molecular flexibility index (Phi) is 5.85. The molecule has 2 N–H and O–H groups in total. The minimum absolute atomic E-state index is 0.235. The second-order valence-corrected chi connectivity index (χ2v) is 6.48. The van der Waals surface area contributed by atoms with Crippen LogP contribution in [0, 0.1) is 0 Å². The number of rotatable bonds is 6. The third-order valence-corrected chi connectivity index (χ3v) is 4.30. The number of carbonyl (C=O) groups is 1. The van der Waals surface area contributed by atoms with Gasteiger partial charge in [0.1, 0.15) is 11.5 Å². The van der Waals surface area contributed by atoms with E-state index in [9.17, 15) is 4.79 Å². The highest BCUT2D eigenvalue weighted by Crippen LogP contribution is 2.21. The van der Waals surface area contributed by atoms with Crippen molar-refractivity contribution in [1.29, 1.82) is 0 Å². The average Bonchev–Trinajstić information content (AvgIpc) is 2.87. The molecule has 21 heavy (non-hydrogen) atoms. The van der Waals surface area contributed by atoms with E-state index in [2.05, 4.69) is 15.6 Å². The van der Waals surface area contributed by atoms with Gasteiger partial charge in [0.05, 0.1) is 9.36 Å². The van der Waals surface area contributed by atoms with Crippen molar-refractivity contribution in [2.24, 2.45) is 0 Å². The van der Waals surface area contributed by atoms with Crippen LogP contribution in [0.15, 0.2) is 24.3 Å². The lowest BCUT2D eigenvalue weighted by molar-refractivity contribution is 0.0949. The Balaban J connectivity index is 1.94. The molecule has 0 saturated carbocycles. The molecule has 0 bridgehead atoms. The Morgan fingerprint density at radius 3 is 2.76 bits per heavy atom. The van der Waals surface area contributed by atoms with Crippen molar-refractivity contribution in [3.05, 3.63) is 44.2 Å². The van der Waals surface area contributed by atoms with E-state index in [0.29, 0.717) is 17.4 Å². The number of pyridine rings is 1. The number of hydrogen-bond acceptors (Lipinski definition) is 4. The second-order valence-electron chi connectivity index (χ2n) is 4.27. The monoisotopic (exact) mass is 343 g/mol. The van der Waals surface area contributed by atoms with Crippen molar-refractivity contribution in [3.8, 4) is 0 Å². The van der Waals surface area contributed by atoms with Gasteiger partial charge in [0, 0.05) is 18.0 Å².